The third kappa shape index (κ3) is 2.71. The standard InChI is InChI=1S/C26H26N2O4/c29-23-19-16-12-11-15(13-7-3-1-4-8-13)17(14-9-5-2-6-10-14)18(16)20-22(21(19)25(31)27-23)26(32)28-24(20)30/h11-14H,1-10H2,(H,27,29,31)(H,28,30,32). The van der Waals surface area contributed by atoms with E-state index in [0.29, 0.717) is 22.6 Å². The fourth-order valence-electron chi connectivity index (χ4n) is 6.60. The lowest BCUT2D eigenvalue weighted by atomic mass is 9.73. The fraction of sp³-hybridized carbons (Fsp3) is 0.462. The Bertz CT molecular complexity index is 1570. The lowest BCUT2D eigenvalue weighted by Gasteiger charge is -2.31. The van der Waals surface area contributed by atoms with Gasteiger partial charge < -0.3 is 0 Å². The van der Waals surface area contributed by atoms with Gasteiger partial charge in [-0.15, -0.1) is 0 Å². The summed E-state index contributed by atoms with van der Waals surface area (Å²) in [5, 5.41) is 2.06. The second-order valence-electron chi connectivity index (χ2n) is 9.73. The summed E-state index contributed by atoms with van der Waals surface area (Å²) in [6, 6.07) is 4.05. The summed E-state index contributed by atoms with van der Waals surface area (Å²) < 4.78 is 0. The van der Waals surface area contributed by atoms with E-state index in [1.54, 1.807) is 0 Å². The number of aromatic amines is 2. The summed E-state index contributed by atoms with van der Waals surface area (Å²) in [6.07, 6.45) is 11.5. The van der Waals surface area contributed by atoms with E-state index in [4.69, 9.17) is 0 Å². The molecule has 0 saturated heterocycles. The highest BCUT2D eigenvalue weighted by Gasteiger charge is 2.30. The van der Waals surface area contributed by atoms with Crippen LogP contribution in [0, 0.1) is 0 Å². The predicted molar refractivity (Wildman–Crippen MR) is 127 cm³/mol. The van der Waals surface area contributed by atoms with Gasteiger partial charge in [0.05, 0.1) is 21.5 Å². The molecule has 6 rings (SSSR count). The molecular weight excluding hydrogens is 404 g/mol. The molecule has 0 bridgehead atoms. The first-order valence-corrected chi connectivity index (χ1v) is 11.9. The molecule has 2 saturated carbocycles. The van der Waals surface area contributed by atoms with E-state index in [1.165, 1.54) is 31.2 Å². The van der Waals surface area contributed by atoms with E-state index in [2.05, 4.69) is 16.0 Å². The van der Waals surface area contributed by atoms with Crippen LogP contribution < -0.4 is 22.2 Å². The summed E-state index contributed by atoms with van der Waals surface area (Å²) in [7, 11) is 0. The molecule has 2 fully saturated rings. The van der Waals surface area contributed by atoms with E-state index < -0.39 is 22.2 Å². The highest BCUT2D eigenvalue weighted by atomic mass is 16.2. The third-order valence-electron chi connectivity index (χ3n) is 7.97. The molecule has 6 heteroatoms. The lowest BCUT2D eigenvalue weighted by molar-refractivity contribution is 0.420. The summed E-state index contributed by atoms with van der Waals surface area (Å²) in [5.41, 5.74) is 0.329. The minimum atomic E-state index is -0.594. The monoisotopic (exact) mass is 430 g/mol. The highest BCUT2D eigenvalue weighted by molar-refractivity contribution is 6.26. The lowest BCUT2D eigenvalue weighted by Crippen LogP contribution is -2.14. The van der Waals surface area contributed by atoms with Crippen molar-refractivity contribution in [1.82, 2.24) is 9.97 Å². The Balaban J connectivity index is 1.84. The van der Waals surface area contributed by atoms with Crippen molar-refractivity contribution in [1.29, 1.82) is 0 Å². The molecule has 0 amide bonds. The van der Waals surface area contributed by atoms with E-state index in [1.807, 2.05) is 6.07 Å². The second kappa shape index (κ2) is 7.26. The Morgan fingerprint density at radius 2 is 1.00 bits per heavy atom. The number of rotatable bonds is 2. The Morgan fingerprint density at radius 3 is 1.59 bits per heavy atom. The molecule has 2 aromatic carbocycles. The summed E-state index contributed by atoms with van der Waals surface area (Å²) in [6.45, 7) is 0. The number of benzene rings is 2. The molecule has 6 nitrogen and oxygen atoms in total. The maximum absolute atomic E-state index is 13.1. The van der Waals surface area contributed by atoms with E-state index in [9.17, 15) is 19.2 Å². The van der Waals surface area contributed by atoms with Crippen molar-refractivity contribution >= 4 is 32.3 Å². The van der Waals surface area contributed by atoms with Crippen LogP contribution in [0.25, 0.3) is 32.3 Å². The molecule has 2 aromatic heterocycles. The average molecular weight is 431 g/mol. The second-order valence-corrected chi connectivity index (χ2v) is 9.73. The maximum atomic E-state index is 13.1. The zero-order valence-corrected chi connectivity index (χ0v) is 18.0. The Morgan fingerprint density at radius 1 is 0.531 bits per heavy atom. The van der Waals surface area contributed by atoms with Gasteiger partial charge in [0.25, 0.3) is 22.2 Å². The molecule has 0 atom stereocenters. The zero-order chi connectivity index (χ0) is 22.0. The molecule has 0 aliphatic heterocycles. The molecule has 2 aliphatic rings. The first-order valence-electron chi connectivity index (χ1n) is 11.9. The zero-order valence-electron chi connectivity index (χ0n) is 18.0. The number of aromatic nitrogens is 2. The van der Waals surface area contributed by atoms with E-state index in [-0.39, 0.29) is 16.2 Å². The number of nitrogens with one attached hydrogen (secondary N) is 2. The van der Waals surface area contributed by atoms with Gasteiger partial charge in [-0.3, -0.25) is 29.1 Å². The first-order chi connectivity index (χ1) is 15.6. The van der Waals surface area contributed by atoms with Crippen molar-refractivity contribution in [2.75, 3.05) is 0 Å². The number of H-pyrrole nitrogens is 2. The van der Waals surface area contributed by atoms with Crippen molar-refractivity contribution < 1.29 is 0 Å². The van der Waals surface area contributed by atoms with Gasteiger partial charge in [0.1, 0.15) is 0 Å². The normalized spacial score (nSPS) is 18.9. The molecule has 2 heterocycles. The minimum absolute atomic E-state index is 0.0564. The van der Waals surface area contributed by atoms with Gasteiger partial charge in [0.2, 0.25) is 0 Å². The number of hydrogen-bond donors (Lipinski definition) is 2. The van der Waals surface area contributed by atoms with Crippen molar-refractivity contribution in [3.05, 3.63) is 64.7 Å². The molecular formula is C26H26N2O4. The van der Waals surface area contributed by atoms with Gasteiger partial charge in [-0.2, -0.15) is 0 Å². The summed E-state index contributed by atoms with van der Waals surface area (Å²) in [5.74, 6) is 0.736. The van der Waals surface area contributed by atoms with Gasteiger partial charge in [0, 0.05) is 0 Å². The van der Waals surface area contributed by atoms with Crippen LogP contribution in [0.3, 0.4) is 0 Å². The molecule has 0 unspecified atom stereocenters. The Labute approximate surface area is 183 Å². The van der Waals surface area contributed by atoms with Crippen molar-refractivity contribution in [3.63, 3.8) is 0 Å². The molecule has 0 spiro atoms. The van der Waals surface area contributed by atoms with Gasteiger partial charge in [-0.05, 0) is 59.4 Å². The van der Waals surface area contributed by atoms with Crippen LogP contribution in [-0.2, 0) is 0 Å². The Kier molecular flexibility index (Phi) is 4.46. The molecule has 164 valence electrons. The summed E-state index contributed by atoms with van der Waals surface area (Å²) >= 11 is 0. The number of fused-ring (bicyclic) bond motifs is 6. The SMILES string of the molecule is O=c1[nH]c(=O)c2c1c1ccc(C3CCCCC3)c(C3CCCCC3)c1c1c(=O)[nH]c(=O)c12. The molecule has 2 aliphatic carbocycles. The van der Waals surface area contributed by atoms with Gasteiger partial charge in [-0.1, -0.05) is 50.7 Å². The van der Waals surface area contributed by atoms with Crippen molar-refractivity contribution in [3.8, 4) is 0 Å². The van der Waals surface area contributed by atoms with Crippen molar-refractivity contribution in [2.24, 2.45) is 0 Å². The first kappa shape index (κ1) is 19.6. The van der Waals surface area contributed by atoms with Crippen LogP contribution in [0.5, 0.6) is 0 Å². The highest BCUT2D eigenvalue weighted by Crippen LogP contribution is 2.46. The third-order valence-corrected chi connectivity index (χ3v) is 7.97. The van der Waals surface area contributed by atoms with Crippen molar-refractivity contribution in [2.45, 2.75) is 76.0 Å². The van der Waals surface area contributed by atoms with Gasteiger partial charge >= 0.3 is 0 Å². The van der Waals surface area contributed by atoms with Crippen LogP contribution in [0.15, 0.2) is 31.3 Å². The molecule has 0 radical (unpaired) electrons. The van der Waals surface area contributed by atoms with Crippen LogP contribution in [-0.4, -0.2) is 9.97 Å². The predicted octanol–water partition coefficient (Wildman–Crippen LogP) is 4.21. The number of hydrogen-bond acceptors (Lipinski definition) is 4. The quantitative estimate of drug-likeness (QED) is 0.497. The molecule has 32 heavy (non-hydrogen) atoms. The molecule has 2 N–H and O–H groups in total. The average Bonchev–Trinajstić information content (AvgIpc) is 3.28. The van der Waals surface area contributed by atoms with Gasteiger partial charge in [-0.25, -0.2) is 0 Å². The maximum Gasteiger partial charge on any atom is 0.259 e. The van der Waals surface area contributed by atoms with Crippen LogP contribution >= 0.6 is 0 Å². The molecule has 4 aromatic rings. The summed E-state index contributed by atoms with van der Waals surface area (Å²) in [4.78, 5) is 56.0. The van der Waals surface area contributed by atoms with E-state index >= 15 is 0 Å². The fourth-order valence-corrected chi connectivity index (χ4v) is 6.60. The largest absolute Gasteiger partial charge is 0.288 e. The van der Waals surface area contributed by atoms with Crippen LogP contribution in [0.1, 0.15) is 87.2 Å². The van der Waals surface area contributed by atoms with E-state index in [0.717, 1.165) is 49.5 Å². The minimum Gasteiger partial charge on any atom is -0.288 e. The topological polar surface area (TPSA) is 99.9 Å². The Hall–Kier alpha value is -3.02. The van der Waals surface area contributed by atoms with Crippen LogP contribution in [0.4, 0.5) is 0 Å². The van der Waals surface area contributed by atoms with Gasteiger partial charge in [0.15, 0.2) is 0 Å². The smallest absolute Gasteiger partial charge is 0.259 e. The van der Waals surface area contributed by atoms with Crippen LogP contribution in [0.2, 0.25) is 0 Å².